The number of rotatable bonds is 0. The lowest BCUT2D eigenvalue weighted by Crippen LogP contribution is -2.29. The Bertz CT molecular complexity index is 582. The van der Waals surface area contributed by atoms with Crippen LogP contribution in [0.2, 0.25) is 0 Å². The number of aryl methyl sites for hydroxylation is 1. The Morgan fingerprint density at radius 2 is 1.59 bits per heavy atom. The summed E-state index contributed by atoms with van der Waals surface area (Å²) in [7, 11) is 0. The predicted octanol–water partition coefficient (Wildman–Crippen LogP) is 4.29. The molecule has 2 aromatic rings. The minimum absolute atomic E-state index is 0.254. The van der Waals surface area contributed by atoms with Gasteiger partial charge in [0.15, 0.2) is 0 Å². The van der Waals surface area contributed by atoms with Crippen LogP contribution in [-0.2, 0) is 5.60 Å². The quantitative estimate of drug-likeness (QED) is 0.648. The molecule has 0 atom stereocenters. The van der Waals surface area contributed by atoms with Crippen LogP contribution in [0, 0.1) is 6.92 Å². The second-order valence-corrected chi connectivity index (χ2v) is 5.11. The van der Waals surface area contributed by atoms with E-state index in [9.17, 15) is 0 Å². The van der Waals surface area contributed by atoms with Gasteiger partial charge in [-0.15, -0.1) is 0 Å². The van der Waals surface area contributed by atoms with Crippen LogP contribution in [0.3, 0.4) is 0 Å². The van der Waals surface area contributed by atoms with Crippen LogP contribution in [0.25, 0.3) is 11.1 Å². The van der Waals surface area contributed by atoms with Gasteiger partial charge in [-0.2, -0.15) is 0 Å². The molecular formula is C16H16O. The van der Waals surface area contributed by atoms with Gasteiger partial charge in [0, 0.05) is 11.1 Å². The maximum absolute atomic E-state index is 6.18. The van der Waals surface area contributed by atoms with Gasteiger partial charge in [-0.25, -0.2) is 0 Å². The molecule has 2 aromatic carbocycles. The molecule has 0 aliphatic carbocycles. The Labute approximate surface area is 102 Å². The van der Waals surface area contributed by atoms with Crippen molar-refractivity contribution >= 4 is 0 Å². The zero-order valence-corrected chi connectivity index (χ0v) is 10.4. The highest BCUT2D eigenvalue weighted by molar-refractivity contribution is 5.77. The summed E-state index contributed by atoms with van der Waals surface area (Å²) in [4.78, 5) is 0. The molecule has 0 saturated heterocycles. The van der Waals surface area contributed by atoms with Crippen LogP contribution in [0.1, 0.15) is 25.0 Å². The van der Waals surface area contributed by atoms with Crippen molar-refractivity contribution in [3.8, 4) is 16.9 Å². The van der Waals surface area contributed by atoms with Crippen molar-refractivity contribution in [2.75, 3.05) is 0 Å². The molecule has 0 aromatic heterocycles. The van der Waals surface area contributed by atoms with Gasteiger partial charge in [0.2, 0.25) is 0 Å². The van der Waals surface area contributed by atoms with E-state index in [1.165, 1.54) is 22.3 Å². The third-order valence-electron chi connectivity index (χ3n) is 3.43. The Hall–Kier alpha value is -1.76. The first-order valence-corrected chi connectivity index (χ1v) is 5.98. The normalized spacial score (nSPS) is 15.7. The van der Waals surface area contributed by atoms with E-state index in [1.807, 2.05) is 0 Å². The van der Waals surface area contributed by atoms with Gasteiger partial charge in [0.1, 0.15) is 11.4 Å². The number of ether oxygens (including phenoxy) is 1. The molecule has 0 amide bonds. The van der Waals surface area contributed by atoms with E-state index < -0.39 is 0 Å². The molecule has 86 valence electrons. The maximum atomic E-state index is 6.18. The van der Waals surface area contributed by atoms with Crippen LogP contribution in [0.5, 0.6) is 5.75 Å². The third kappa shape index (κ3) is 1.46. The number of hydrogen-bond acceptors (Lipinski definition) is 1. The average molecular weight is 224 g/mol. The maximum Gasteiger partial charge on any atom is 0.131 e. The SMILES string of the molecule is Cc1cccc2c1OC(C)(C)c1ccccc1-2. The molecule has 0 N–H and O–H groups in total. The zero-order chi connectivity index (χ0) is 12.0. The van der Waals surface area contributed by atoms with Crippen molar-refractivity contribution in [3.63, 3.8) is 0 Å². The standard InChI is InChI=1S/C16H16O/c1-11-7-6-9-13-12-8-4-5-10-14(12)16(2,3)17-15(11)13/h4-10H,1-3H3. The molecular weight excluding hydrogens is 208 g/mol. The largest absolute Gasteiger partial charge is 0.482 e. The van der Waals surface area contributed by atoms with Crippen LogP contribution in [-0.4, -0.2) is 0 Å². The molecule has 0 spiro atoms. The highest BCUT2D eigenvalue weighted by Crippen LogP contribution is 2.46. The van der Waals surface area contributed by atoms with E-state index in [0.29, 0.717) is 0 Å². The summed E-state index contributed by atoms with van der Waals surface area (Å²) in [5, 5.41) is 0. The summed E-state index contributed by atoms with van der Waals surface area (Å²) in [6.07, 6.45) is 0. The summed E-state index contributed by atoms with van der Waals surface area (Å²) in [6, 6.07) is 14.8. The second-order valence-electron chi connectivity index (χ2n) is 5.11. The van der Waals surface area contributed by atoms with Gasteiger partial charge in [-0.3, -0.25) is 0 Å². The molecule has 1 aliphatic rings. The highest BCUT2D eigenvalue weighted by atomic mass is 16.5. The van der Waals surface area contributed by atoms with Gasteiger partial charge < -0.3 is 4.74 Å². The van der Waals surface area contributed by atoms with E-state index in [4.69, 9.17) is 4.74 Å². The minimum Gasteiger partial charge on any atom is -0.482 e. The first-order valence-electron chi connectivity index (χ1n) is 5.98. The lowest BCUT2D eigenvalue weighted by Gasteiger charge is -2.35. The van der Waals surface area contributed by atoms with Crippen molar-refractivity contribution in [1.82, 2.24) is 0 Å². The molecule has 1 nitrogen and oxygen atoms in total. The van der Waals surface area contributed by atoms with Crippen molar-refractivity contribution in [2.45, 2.75) is 26.4 Å². The number of benzene rings is 2. The summed E-state index contributed by atoms with van der Waals surface area (Å²) >= 11 is 0. The topological polar surface area (TPSA) is 9.23 Å². The minimum atomic E-state index is -0.254. The summed E-state index contributed by atoms with van der Waals surface area (Å²) in [5.74, 6) is 1.02. The van der Waals surface area contributed by atoms with Crippen LogP contribution < -0.4 is 4.74 Å². The Kier molecular flexibility index (Phi) is 2.06. The fourth-order valence-corrected chi connectivity index (χ4v) is 2.55. The summed E-state index contributed by atoms with van der Waals surface area (Å²) < 4.78 is 6.18. The van der Waals surface area contributed by atoms with Crippen molar-refractivity contribution < 1.29 is 4.74 Å². The molecule has 3 rings (SSSR count). The fraction of sp³-hybridized carbons (Fsp3) is 0.250. The third-order valence-corrected chi connectivity index (χ3v) is 3.43. The number of para-hydroxylation sites is 1. The first-order chi connectivity index (χ1) is 8.09. The van der Waals surface area contributed by atoms with E-state index in [1.54, 1.807) is 0 Å². The molecule has 1 heterocycles. The van der Waals surface area contributed by atoms with Crippen LogP contribution in [0.4, 0.5) is 0 Å². The van der Waals surface area contributed by atoms with Crippen molar-refractivity contribution in [1.29, 1.82) is 0 Å². The lowest BCUT2D eigenvalue weighted by atomic mass is 9.85. The monoisotopic (exact) mass is 224 g/mol. The van der Waals surface area contributed by atoms with Crippen molar-refractivity contribution in [2.24, 2.45) is 0 Å². The Balaban J connectivity index is 2.36. The molecule has 1 aliphatic heterocycles. The molecule has 0 radical (unpaired) electrons. The van der Waals surface area contributed by atoms with E-state index in [-0.39, 0.29) is 5.60 Å². The second kappa shape index (κ2) is 3.36. The van der Waals surface area contributed by atoms with E-state index >= 15 is 0 Å². The van der Waals surface area contributed by atoms with Crippen LogP contribution >= 0.6 is 0 Å². The Morgan fingerprint density at radius 3 is 2.41 bits per heavy atom. The van der Waals surface area contributed by atoms with E-state index in [0.717, 1.165) is 5.75 Å². The first kappa shape index (κ1) is 10.4. The van der Waals surface area contributed by atoms with E-state index in [2.05, 4.69) is 63.2 Å². The fourth-order valence-electron chi connectivity index (χ4n) is 2.55. The smallest absolute Gasteiger partial charge is 0.131 e. The Morgan fingerprint density at radius 1 is 0.882 bits per heavy atom. The predicted molar refractivity (Wildman–Crippen MR) is 70.3 cm³/mol. The average Bonchev–Trinajstić information content (AvgIpc) is 2.31. The van der Waals surface area contributed by atoms with Gasteiger partial charge in [-0.1, -0.05) is 42.5 Å². The number of fused-ring (bicyclic) bond motifs is 3. The van der Waals surface area contributed by atoms with Crippen LogP contribution in [0.15, 0.2) is 42.5 Å². The van der Waals surface area contributed by atoms with Gasteiger partial charge in [-0.05, 0) is 31.9 Å². The molecule has 17 heavy (non-hydrogen) atoms. The van der Waals surface area contributed by atoms with Gasteiger partial charge >= 0.3 is 0 Å². The van der Waals surface area contributed by atoms with Gasteiger partial charge in [0.25, 0.3) is 0 Å². The van der Waals surface area contributed by atoms with Gasteiger partial charge in [0.05, 0.1) is 0 Å². The summed E-state index contributed by atoms with van der Waals surface area (Å²) in [6.45, 7) is 6.35. The molecule has 0 bridgehead atoms. The highest BCUT2D eigenvalue weighted by Gasteiger charge is 2.32. The molecule has 0 fully saturated rings. The van der Waals surface area contributed by atoms with Crippen molar-refractivity contribution in [3.05, 3.63) is 53.6 Å². The zero-order valence-electron chi connectivity index (χ0n) is 10.4. The lowest BCUT2D eigenvalue weighted by molar-refractivity contribution is 0.105. The molecule has 1 heteroatoms. The molecule has 0 unspecified atom stereocenters. The summed E-state index contributed by atoms with van der Waals surface area (Å²) in [5.41, 5.74) is 4.71. The number of hydrogen-bond donors (Lipinski definition) is 0. The molecule has 0 saturated carbocycles.